The number of hydrogen-bond donors (Lipinski definition) is 2. The second-order valence-corrected chi connectivity index (χ2v) is 3.39. The van der Waals surface area contributed by atoms with Gasteiger partial charge in [0.25, 0.3) is 0 Å². The Labute approximate surface area is 89.2 Å². The second kappa shape index (κ2) is 6.79. The van der Waals surface area contributed by atoms with Gasteiger partial charge in [-0.15, -0.1) is 0 Å². The lowest BCUT2D eigenvalue weighted by molar-refractivity contribution is 0.0279. The van der Waals surface area contributed by atoms with Crippen LogP contribution in [0.2, 0.25) is 5.02 Å². The van der Waals surface area contributed by atoms with Crippen molar-refractivity contribution in [3.05, 3.63) is 34.9 Å². The van der Waals surface area contributed by atoms with Gasteiger partial charge in [-0.1, -0.05) is 23.7 Å². The lowest BCUT2D eigenvalue weighted by atomic mass is 10.2. The highest BCUT2D eigenvalue weighted by Crippen LogP contribution is 2.09. The zero-order valence-electron chi connectivity index (χ0n) is 8.00. The summed E-state index contributed by atoms with van der Waals surface area (Å²) in [5.74, 6) is 0. The van der Waals surface area contributed by atoms with Crippen molar-refractivity contribution in [3.8, 4) is 0 Å². The van der Waals surface area contributed by atoms with Gasteiger partial charge in [-0.25, -0.2) is 5.48 Å². The largest absolute Gasteiger partial charge is 0.330 e. The first-order chi connectivity index (χ1) is 6.83. The van der Waals surface area contributed by atoms with Crippen LogP contribution in [0.3, 0.4) is 0 Å². The van der Waals surface area contributed by atoms with E-state index in [1.165, 1.54) is 0 Å². The van der Waals surface area contributed by atoms with Crippen LogP contribution in [0.5, 0.6) is 0 Å². The molecule has 4 heteroatoms. The molecule has 0 aliphatic carbocycles. The highest BCUT2D eigenvalue weighted by Gasteiger charge is 1.92. The molecule has 0 radical (unpaired) electrons. The predicted molar refractivity (Wildman–Crippen MR) is 57.9 cm³/mol. The molecule has 3 nitrogen and oxygen atoms in total. The van der Waals surface area contributed by atoms with E-state index in [2.05, 4.69) is 5.48 Å². The van der Waals surface area contributed by atoms with Crippen molar-refractivity contribution in [2.24, 2.45) is 5.73 Å². The summed E-state index contributed by atoms with van der Waals surface area (Å²) in [7, 11) is 0. The van der Waals surface area contributed by atoms with Crippen LogP contribution in [0.15, 0.2) is 24.3 Å². The molecule has 0 heterocycles. The summed E-state index contributed by atoms with van der Waals surface area (Å²) in [6, 6.07) is 7.57. The van der Waals surface area contributed by atoms with Gasteiger partial charge in [0, 0.05) is 11.6 Å². The Hall–Kier alpha value is -0.610. The molecule has 0 saturated carbocycles. The van der Waals surface area contributed by atoms with Crippen molar-refractivity contribution in [2.75, 3.05) is 13.1 Å². The van der Waals surface area contributed by atoms with Crippen LogP contribution in [-0.2, 0) is 11.4 Å². The van der Waals surface area contributed by atoms with Crippen LogP contribution in [0.4, 0.5) is 0 Å². The predicted octanol–water partition coefficient (Wildman–Crippen LogP) is 1.71. The lowest BCUT2D eigenvalue weighted by Gasteiger charge is -2.04. The van der Waals surface area contributed by atoms with E-state index < -0.39 is 0 Å². The van der Waals surface area contributed by atoms with Crippen LogP contribution in [0, 0.1) is 0 Å². The van der Waals surface area contributed by atoms with Gasteiger partial charge >= 0.3 is 0 Å². The SMILES string of the molecule is NCCCNOCc1ccc(Cl)cc1. The molecule has 1 aromatic carbocycles. The van der Waals surface area contributed by atoms with Gasteiger partial charge < -0.3 is 5.73 Å². The fraction of sp³-hybridized carbons (Fsp3) is 0.400. The van der Waals surface area contributed by atoms with E-state index in [1.54, 1.807) is 0 Å². The third-order valence-corrected chi connectivity index (χ3v) is 1.99. The molecule has 0 amide bonds. The molecule has 0 unspecified atom stereocenters. The van der Waals surface area contributed by atoms with Crippen LogP contribution >= 0.6 is 11.6 Å². The van der Waals surface area contributed by atoms with Crippen LogP contribution in [0.25, 0.3) is 0 Å². The minimum Gasteiger partial charge on any atom is -0.330 e. The number of hydrogen-bond acceptors (Lipinski definition) is 3. The first-order valence-electron chi connectivity index (χ1n) is 4.62. The number of benzene rings is 1. The molecule has 14 heavy (non-hydrogen) atoms. The van der Waals surface area contributed by atoms with Crippen molar-refractivity contribution in [3.63, 3.8) is 0 Å². The number of rotatable bonds is 6. The Kier molecular flexibility index (Phi) is 5.56. The Morgan fingerprint density at radius 2 is 2.00 bits per heavy atom. The third kappa shape index (κ3) is 4.58. The Morgan fingerprint density at radius 1 is 1.29 bits per heavy atom. The number of nitrogens with one attached hydrogen (secondary N) is 1. The highest BCUT2D eigenvalue weighted by atomic mass is 35.5. The van der Waals surface area contributed by atoms with Crippen LogP contribution in [0.1, 0.15) is 12.0 Å². The highest BCUT2D eigenvalue weighted by molar-refractivity contribution is 6.30. The van der Waals surface area contributed by atoms with E-state index in [4.69, 9.17) is 22.2 Å². The normalized spacial score (nSPS) is 10.4. The van der Waals surface area contributed by atoms with E-state index >= 15 is 0 Å². The molecule has 3 N–H and O–H groups in total. The maximum atomic E-state index is 5.74. The van der Waals surface area contributed by atoms with Crippen LogP contribution < -0.4 is 11.2 Å². The molecule has 0 fully saturated rings. The molecule has 0 saturated heterocycles. The lowest BCUT2D eigenvalue weighted by Crippen LogP contribution is -2.18. The molecular formula is C10H15ClN2O. The van der Waals surface area contributed by atoms with Crippen molar-refractivity contribution in [1.29, 1.82) is 0 Å². The average Bonchev–Trinajstić information content (AvgIpc) is 2.21. The Balaban J connectivity index is 2.15. The first-order valence-corrected chi connectivity index (χ1v) is 5.00. The first kappa shape index (κ1) is 11.5. The van der Waals surface area contributed by atoms with E-state index in [9.17, 15) is 0 Å². The van der Waals surface area contributed by atoms with E-state index in [-0.39, 0.29) is 0 Å². The van der Waals surface area contributed by atoms with E-state index in [0.29, 0.717) is 13.2 Å². The van der Waals surface area contributed by atoms with Crippen LogP contribution in [-0.4, -0.2) is 13.1 Å². The Morgan fingerprint density at radius 3 is 2.64 bits per heavy atom. The molecule has 0 aliphatic heterocycles. The minimum atomic E-state index is 0.543. The third-order valence-electron chi connectivity index (χ3n) is 1.74. The molecule has 0 aliphatic rings. The maximum absolute atomic E-state index is 5.74. The summed E-state index contributed by atoms with van der Waals surface area (Å²) in [6.45, 7) is 2.00. The molecule has 0 bridgehead atoms. The van der Waals surface area contributed by atoms with Crippen molar-refractivity contribution < 1.29 is 4.84 Å². The molecule has 1 aromatic rings. The zero-order valence-corrected chi connectivity index (χ0v) is 8.76. The van der Waals surface area contributed by atoms with Gasteiger partial charge in [0.15, 0.2) is 0 Å². The van der Waals surface area contributed by atoms with Gasteiger partial charge in [-0.2, -0.15) is 0 Å². The fourth-order valence-electron chi connectivity index (χ4n) is 0.961. The Bertz CT molecular complexity index is 251. The average molecular weight is 215 g/mol. The number of nitrogens with two attached hydrogens (primary N) is 1. The van der Waals surface area contributed by atoms with E-state index in [1.807, 2.05) is 24.3 Å². The molecule has 0 spiro atoms. The summed E-state index contributed by atoms with van der Waals surface area (Å²) < 4.78 is 0. The number of hydroxylamine groups is 1. The van der Waals surface area contributed by atoms with Gasteiger partial charge in [-0.05, 0) is 30.7 Å². The van der Waals surface area contributed by atoms with Crippen molar-refractivity contribution in [2.45, 2.75) is 13.0 Å². The molecule has 0 aromatic heterocycles. The minimum absolute atomic E-state index is 0.543. The van der Waals surface area contributed by atoms with Crippen molar-refractivity contribution in [1.82, 2.24) is 5.48 Å². The molecule has 78 valence electrons. The fourth-order valence-corrected chi connectivity index (χ4v) is 1.09. The van der Waals surface area contributed by atoms with Gasteiger partial charge in [0.2, 0.25) is 0 Å². The summed E-state index contributed by atoms with van der Waals surface area (Å²) in [4.78, 5) is 5.21. The summed E-state index contributed by atoms with van der Waals surface area (Å²) >= 11 is 5.74. The smallest absolute Gasteiger partial charge is 0.0933 e. The molecule has 0 atom stereocenters. The zero-order chi connectivity index (χ0) is 10.2. The molecular weight excluding hydrogens is 200 g/mol. The van der Waals surface area contributed by atoms with E-state index in [0.717, 1.165) is 23.6 Å². The van der Waals surface area contributed by atoms with Gasteiger partial charge in [0.05, 0.1) is 6.61 Å². The molecule has 1 rings (SSSR count). The van der Waals surface area contributed by atoms with Crippen molar-refractivity contribution >= 4 is 11.6 Å². The maximum Gasteiger partial charge on any atom is 0.0933 e. The summed E-state index contributed by atoms with van der Waals surface area (Å²) in [5.41, 5.74) is 9.26. The standard InChI is InChI=1S/C10H15ClN2O/c11-10-4-2-9(3-5-10)8-14-13-7-1-6-12/h2-5,13H,1,6-8,12H2. The quantitative estimate of drug-likeness (QED) is 0.560. The summed E-state index contributed by atoms with van der Waals surface area (Å²) in [6.07, 6.45) is 0.917. The topological polar surface area (TPSA) is 47.3 Å². The number of halogens is 1. The summed E-state index contributed by atoms with van der Waals surface area (Å²) in [5, 5.41) is 0.741. The van der Waals surface area contributed by atoms with Gasteiger partial charge in [-0.3, -0.25) is 4.84 Å². The van der Waals surface area contributed by atoms with Gasteiger partial charge in [0.1, 0.15) is 0 Å². The second-order valence-electron chi connectivity index (χ2n) is 2.95. The monoisotopic (exact) mass is 214 g/mol.